The zero-order chi connectivity index (χ0) is 22.0. The Bertz CT molecular complexity index is 1120. The van der Waals surface area contributed by atoms with Crippen LogP contribution < -0.4 is 5.32 Å². The maximum Gasteiger partial charge on any atom is 0.253 e. The highest BCUT2D eigenvalue weighted by atomic mass is 16.5. The lowest BCUT2D eigenvalue weighted by Crippen LogP contribution is -2.42. The zero-order valence-corrected chi connectivity index (χ0v) is 17.3. The van der Waals surface area contributed by atoms with E-state index in [1.807, 2.05) is 50.3 Å². The number of hydrogen-bond donors (Lipinski definition) is 2. The third-order valence-corrected chi connectivity index (χ3v) is 5.44. The molecule has 1 unspecified atom stereocenters. The van der Waals surface area contributed by atoms with Gasteiger partial charge < -0.3 is 20.1 Å². The first-order valence-electron chi connectivity index (χ1n) is 10.1. The highest BCUT2D eigenvalue weighted by molar-refractivity contribution is 6.05. The first kappa shape index (κ1) is 20.5. The number of anilines is 1. The number of Topliss-reactive ketones (excluding diaryl/α,β-unsaturated/α-hetero) is 1. The van der Waals surface area contributed by atoms with Crippen LogP contribution in [-0.4, -0.2) is 39.0 Å². The van der Waals surface area contributed by atoms with Gasteiger partial charge in [0.1, 0.15) is 11.8 Å². The lowest BCUT2D eigenvalue weighted by atomic mass is 9.84. The molecule has 0 bridgehead atoms. The fraction of sp³-hybridized carbons (Fsp3) is 0.261. The number of carbonyl (C=O) groups excluding carboxylic acids is 2. The molecule has 2 aromatic rings. The minimum absolute atomic E-state index is 0.000755. The van der Waals surface area contributed by atoms with Crippen LogP contribution in [0, 0.1) is 12.3 Å². The van der Waals surface area contributed by atoms with E-state index in [9.17, 15) is 9.59 Å². The largest absolute Gasteiger partial charge is 0.339 e. The van der Waals surface area contributed by atoms with Gasteiger partial charge in [-0.05, 0) is 37.6 Å². The van der Waals surface area contributed by atoms with Gasteiger partial charge in [-0.15, -0.1) is 0 Å². The molecule has 0 saturated heterocycles. The first-order chi connectivity index (χ1) is 15.0. The van der Waals surface area contributed by atoms with Gasteiger partial charge in [-0.2, -0.15) is 4.98 Å². The van der Waals surface area contributed by atoms with Gasteiger partial charge in [-0.1, -0.05) is 29.4 Å². The van der Waals surface area contributed by atoms with Crippen molar-refractivity contribution in [3.8, 4) is 11.4 Å². The molecule has 1 aromatic heterocycles. The molecule has 0 spiro atoms. The Balaban J connectivity index is 1.54. The van der Waals surface area contributed by atoms with Crippen molar-refractivity contribution in [2.45, 2.75) is 38.6 Å². The molecule has 1 aliphatic heterocycles. The minimum atomic E-state index is -0.789. The van der Waals surface area contributed by atoms with Crippen molar-refractivity contribution in [3.05, 3.63) is 65.9 Å². The normalized spacial score (nSPS) is 18.2. The predicted molar refractivity (Wildman–Crippen MR) is 117 cm³/mol. The lowest BCUT2D eigenvalue weighted by Gasteiger charge is -2.29. The highest BCUT2D eigenvalue weighted by Gasteiger charge is 2.33. The molecule has 1 fully saturated rings. The summed E-state index contributed by atoms with van der Waals surface area (Å²) in [5.74, 6) is 0.753. The number of amides is 1. The second-order valence-corrected chi connectivity index (χ2v) is 7.55. The molecule has 2 N–H and O–H groups in total. The number of nitrogens with zero attached hydrogens (tertiary/aromatic N) is 3. The average molecular weight is 417 g/mol. The van der Waals surface area contributed by atoms with E-state index in [1.54, 1.807) is 17.2 Å². The molecular weight excluding hydrogens is 394 g/mol. The lowest BCUT2D eigenvalue weighted by molar-refractivity contribution is -0.125. The summed E-state index contributed by atoms with van der Waals surface area (Å²) in [5.41, 5.74) is 3.01. The van der Waals surface area contributed by atoms with Gasteiger partial charge in [-0.25, -0.2) is 0 Å². The van der Waals surface area contributed by atoms with Crippen molar-refractivity contribution >= 4 is 23.6 Å². The third-order valence-electron chi connectivity index (χ3n) is 5.44. The summed E-state index contributed by atoms with van der Waals surface area (Å²) in [4.78, 5) is 30.4. The Hall–Kier alpha value is -3.81. The summed E-state index contributed by atoms with van der Waals surface area (Å²) in [6.45, 7) is 3.78. The van der Waals surface area contributed by atoms with Crippen LogP contribution in [0.5, 0.6) is 0 Å². The molecular formula is C23H23N5O3. The van der Waals surface area contributed by atoms with Gasteiger partial charge in [0.05, 0.1) is 5.92 Å². The van der Waals surface area contributed by atoms with Crippen molar-refractivity contribution in [1.29, 1.82) is 5.41 Å². The maximum absolute atomic E-state index is 13.0. The van der Waals surface area contributed by atoms with Crippen molar-refractivity contribution in [3.63, 3.8) is 0 Å². The van der Waals surface area contributed by atoms with Gasteiger partial charge in [0.2, 0.25) is 11.7 Å². The Morgan fingerprint density at radius 3 is 2.87 bits per heavy atom. The number of aromatic nitrogens is 2. The van der Waals surface area contributed by atoms with Crippen molar-refractivity contribution < 1.29 is 14.1 Å². The van der Waals surface area contributed by atoms with E-state index in [0.717, 1.165) is 17.5 Å². The summed E-state index contributed by atoms with van der Waals surface area (Å²) >= 11 is 0. The van der Waals surface area contributed by atoms with E-state index in [1.165, 1.54) is 0 Å². The number of carbonyl (C=O) groups is 2. The molecule has 2 heterocycles. The number of ketones is 1. The summed E-state index contributed by atoms with van der Waals surface area (Å²) < 4.78 is 5.32. The molecule has 2 aliphatic rings. The number of aryl methyl sites for hydroxylation is 1. The summed E-state index contributed by atoms with van der Waals surface area (Å²) in [5, 5.41) is 14.8. The van der Waals surface area contributed by atoms with Crippen molar-refractivity contribution in [1.82, 2.24) is 15.0 Å². The molecule has 1 amide bonds. The maximum atomic E-state index is 13.0. The quantitative estimate of drug-likeness (QED) is 0.693. The molecule has 8 heteroatoms. The van der Waals surface area contributed by atoms with E-state index in [0.29, 0.717) is 35.8 Å². The van der Waals surface area contributed by atoms with Crippen LogP contribution in [0.2, 0.25) is 0 Å². The first-order valence-corrected chi connectivity index (χ1v) is 10.1. The SMILES string of the molecule is CC=C1C=CC=CN1C(C=N)C(=O)Nc1cc(-c2noc(C3CC(=O)C3)n2)ccc1C. The number of rotatable bonds is 6. The topological polar surface area (TPSA) is 112 Å². The van der Waals surface area contributed by atoms with Crippen LogP contribution in [0.1, 0.15) is 37.1 Å². The Labute approximate surface area is 179 Å². The third kappa shape index (κ3) is 4.09. The Morgan fingerprint density at radius 1 is 1.35 bits per heavy atom. The summed E-state index contributed by atoms with van der Waals surface area (Å²) in [7, 11) is 0. The van der Waals surface area contributed by atoms with Gasteiger partial charge in [0, 0.05) is 42.2 Å². The molecule has 8 nitrogen and oxygen atoms in total. The van der Waals surface area contributed by atoms with Gasteiger partial charge in [0.15, 0.2) is 0 Å². The number of nitrogens with one attached hydrogen (secondary N) is 2. The fourth-order valence-corrected chi connectivity index (χ4v) is 3.53. The van der Waals surface area contributed by atoms with Gasteiger partial charge in [-0.3, -0.25) is 9.59 Å². The molecule has 158 valence electrons. The number of benzene rings is 1. The smallest absolute Gasteiger partial charge is 0.253 e. The van der Waals surface area contributed by atoms with Gasteiger partial charge in [0.25, 0.3) is 5.91 Å². The predicted octanol–water partition coefficient (Wildman–Crippen LogP) is 3.74. The summed E-state index contributed by atoms with van der Waals surface area (Å²) in [6, 6.07) is 4.73. The monoisotopic (exact) mass is 417 g/mol. The van der Waals surface area contributed by atoms with Crippen LogP contribution in [0.15, 0.2) is 58.9 Å². The van der Waals surface area contributed by atoms with Crippen LogP contribution in [-0.2, 0) is 9.59 Å². The highest BCUT2D eigenvalue weighted by Crippen LogP contribution is 2.34. The van der Waals surface area contributed by atoms with Crippen molar-refractivity contribution in [2.24, 2.45) is 0 Å². The second kappa shape index (κ2) is 8.51. The molecule has 1 aliphatic carbocycles. The van der Waals surface area contributed by atoms with E-state index >= 15 is 0 Å². The Kier molecular flexibility index (Phi) is 5.62. The van der Waals surface area contributed by atoms with Crippen LogP contribution in [0.4, 0.5) is 5.69 Å². The number of allylic oxidation sites excluding steroid dienone is 4. The van der Waals surface area contributed by atoms with Crippen LogP contribution >= 0.6 is 0 Å². The van der Waals surface area contributed by atoms with Gasteiger partial charge >= 0.3 is 0 Å². The van der Waals surface area contributed by atoms with Crippen molar-refractivity contribution in [2.75, 3.05) is 5.32 Å². The second-order valence-electron chi connectivity index (χ2n) is 7.55. The molecule has 1 aromatic carbocycles. The molecule has 31 heavy (non-hydrogen) atoms. The van der Waals surface area contributed by atoms with E-state index in [4.69, 9.17) is 9.93 Å². The molecule has 1 saturated carbocycles. The Morgan fingerprint density at radius 2 is 2.16 bits per heavy atom. The standard InChI is InChI=1S/C23H23N5O3/c1-3-17-6-4-5-9-28(17)20(13-24)22(30)25-19-12-15(8-7-14(19)2)21-26-23(31-27-21)16-10-18(29)11-16/h3-9,12-13,16,20,24H,10-11H2,1-2H3,(H,25,30). The minimum Gasteiger partial charge on any atom is -0.339 e. The molecule has 0 radical (unpaired) electrons. The molecule has 4 rings (SSSR count). The summed E-state index contributed by atoms with van der Waals surface area (Å²) in [6.07, 6.45) is 11.3. The average Bonchev–Trinajstić information content (AvgIpc) is 3.23. The zero-order valence-electron chi connectivity index (χ0n) is 17.3. The van der Waals surface area contributed by atoms with Crippen LogP contribution in [0.25, 0.3) is 11.4 Å². The molecule has 1 atom stereocenters. The van der Waals surface area contributed by atoms with E-state index in [-0.39, 0.29) is 17.6 Å². The van der Waals surface area contributed by atoms with Crippen LogP contribution in [0.3, 0.4) is 0 Å². The fourth-order valence-electron chi connectivity index (χ4n) is 3.53. The van der Waals surface area contributed by atoms with E-state index in [2.05, 4.69) is 15.5 Å². The van der Waals surface area contributed by atoms with E-state index < -0.39 is 6.04 Å². The number of hydrogen-bond acceptors (Lipinski definition) is 7.